The van der Waals surface area contributed by atoms with Gasteiger partial charge in [0.25, 0.3) is 5.97 Å². The molecule has 0 aliphatic heterocycles. The van der Waals surface area contributed by atoms with E-state index in [1.54, 1.807) is 14.0 Å². The number of nitrogens with one attached hydrogen (secondary N) is 1. The molecular weight excluding hydrogens is 122 g/mol. The SMILES string of the molecule is CCC(NC)C(O)(O)O. The van der Waals surface area contributed by atoms with Crippen LogP contribution in [0.25, 0.3) is 0 Å². The molecule has 0 radical (unpaired) electrons. The van der Waals surface area contributed by atoms with Crippen molar-refractivity contribution in [1.82, 2.24) is 5.32 Å². The normalized spacial score (nSPS) is 15.7. The summed E-state index contributed by atoms with van der Waals surface area (Å²) in [5.41, 5.74) is 0. The van der Waals surface area contributed by atoms with Crippen LogP contribution in [0.15, 0.2) is 0 Å². The Morgan fingerprint density at radius 3 is 1.89 bits per heavy atom. The van der Waals surface area contributed by atoms with Crippen molar-refractivity contribution >= 4 is 0 Å². The average molecular weight is 135 g/mol. The molecule has 0 fully saturated rings. The maximum absolute atomic E-state index is 8.53. The summed E-state index contributed by atoms with van der Waals surface area (Å²) in [5.74, 6) is -2.59. The highest BCUT2D eigenvalue weighted by atomic mass is 16.7. The quantitative estimate of drug-likeness (QED) is 0.360. The number of hydrogen-bond donors (Lipinski definition) is 4. The summed E-state index contributed by atoms with van der Waals surface area (Å²) in [6.07, 6.45) is 0.458. The standard InChI is InChI=1S/C5H13NO3/c1-3-4(6-2)5(7,8)9/h4,6-9H,3H2,1-2H3. The van der Waals surface area contributed by atoms with Gasteiger partial charge in [-0.2, -0.15) is 0 Å². The summed E-state index contributed by atoms with van der Waals surface area (Å²) in [7, 11) is 1.55. The predicted molar refractivity (Wildman–Crippen MR) is 32.5 cm³/mol. The first kappa shape index (κ1) is 8.84. The van der Waals surface area contributed by atoms with Gasteiger partial charge >= 0.3 is 0 Å². The fraction of sp³-hybridized carbons (Fsp3) is 1.00. The van der Waals surface area contributed by atoms with Crippen molar-refractivity contribution in [2.75, 3.05) is 7.05 Å². The van der Waals surface area contributed by atoms with Gasteiger partial charge < -0.3 is 20.6 Å². The van der Waals surface area contributed by atoms with E-state index >= 15 is 0 Å². The minimum atomic E-state index is -2.59. The van der Waals surface area contributed by atoms with Gasteiger partial charge in [-0.15, -0.1) is 0 Å². The number of aliphatic hydroxyl groups is 3. The molecule has 0 aliphatic rings. The molecule has 0 saturated carbocycles. The predicted octanol–water partition coefficient (Wildman–Crippen LogP) is -1.38. The highest BCUT2D eigenvalue weighted by molar-refractivity contribution is 4.68. The molecule has 0 spiro atoms. The van der Waals surface area contributed by atoms with Gasteiger partial charge in [0.15, 0.2) is 0 Å². The lowest BCUT2D eigenvalue weighted by Gasteiger charge is -2.23. The fourth-order valence-electron chi connectivity index (χ4n) is 0.672. The Morgan fingerprint density at radius 1 is 1.44 bits per heavy atom. The van der Waals surface area contributed by atoms with E-state index in [1.165, 1.54) is 0 Å². The van der Waals surface area contributed by atoms with Crippen LogP contribution in [-0.2, 0) is 0 Å². The second kappa shape index (κ2) is 3.12. The highest BCUT2D eigenvalue weighted by Crippen LogP contribution is 2.03. The minimum absolute atomic E-state index is 0.458. The van der Waals surface area contributed by atoms with E-state index in [2.05, 4.69) is 5.32 Å². The second-order valence-electron chi connectivity index (χ2n) is 1.94. The van der Waals surface area contributed by atoms with Gasteiger partial charge in [0.2, 0.25) is 0 Å². The second-order valence-corrected chi connectivity index (χ2v) is 1.94. The molecule has 4 N–H and O–H groups in total. The van der Waals surface area contributed by atoms with Crippen LogP contribution >= 0.6 is 0 Å². The van der Waals surface area contributed by atoms with E-state index in [0.717, 1.165) is 0 Å². The molecule has 0 aliphatic carbocycles. The molecule has 0 saturated heterocycles. The van der Waals surface area contributed by atoms with E-state index in [4.69, 9.17) is 15.3 Å². The van der Waals surface area contributed by atoms with Crippen LogP contribution in [0.1, 0.15) is 13.3 Å². The third kappa shape index (κ3) is 2.76. The minimum Gasteiger partial charge on any atom is -0.342 e. The average Bonchev–Trinajstić information content (AvgIpc) is 1.65. The molecule has 4 heteroatoms. The molecular formula is C5H13NO3. The maximum atomic E-state index is 8.53. The Balaban J connectivity index is 3.79. The zero-order chi connectivity index (χ0) is 7.49. The fourth-order valence-corrected chi connectivity index (χ4v) is 0.672. The summed E-state index contributed by atoms with van der Waals surface area (Å²) < 4.78 is 0. The van der Waals surface area contributed by atoms with E-state index in [-0.39, 0.29) is 0 Å². The molecule has 0 aromatic rings. The number of rotatable bonds is 3. The van der Waals surface area contributed by atoms with Crippen LogP contribution in [0.3, 0.4) is 0 Å². The number of hydrogen-bond acceptors (Lipinski definition) is 4. The Labute approximate surface area is 54.1 Å². The van der Waals surface area contributed by atoms with Gasteiger partial charge in [0.1, 0.15) is 0 Å². The van der Waals surface area contributed by atoms with Gasteiger partial charge in [-0.25, -0.2) is 0 Å². The van der Waals surface area contributed by atoms with Crippen molar-refractivity contribution < 1.29 is 15.3 Å². The van der Waals surface area contributed by atoms with Gasteiger partial charge in [0.05, 0.1) is 6.04 Å². The zero-order valence-corrected chi connectivity index (χ0v) is 5.63. The molecule has 0 heterocycles. The Hall–Kier alpha value is -0.160. The molecule has 1 atom stereocenters. The monoisotopic (exact) mass is 135 g/mol. The van der Waals surface area contributed by atoms with E-state index in [1.807, 2.05) is 0 Å². The third-order valence-corrected chi connectivity index (χ3v) is 1.22. The maximum Gasteiger partial charge on any atom is 0.291 e. The summed E-state index contributed by atoms with van der Waals surface area (Å²) in [5, 5.41) is 28.1. The molecule has 0 rings (SSSR count). The summed E-state index contributed by atoms with van der Waals surface area (Å²) in [6.45, 7) is 1.73. The largest absolute Gasteiger partial charge is 0.342 e. The first-order chi connectivity index (χ1) is 4.02. The first-order valence-electron chi connectivity index (χ1n) is 2.86. The first-order valence-corrected chi connectivity index (χ1v) is 2.86. The van der Waals surface area contributed by atoms with Crippen molar-refractivity contribution in [3.63, 3.8) is 0 Å². The van der Waals surface area contributed by atoms with Gasteiger partial charge in [-0.1, -0.05) is 6.92 Å². The van der Waals surface area contributed by atoms with Crippen LogP contribution in [0.5, 0.6) is 0 Å². The van der Waals surface area contributed by atoms with Crippen molar-refractivity contribution in [3.05, 3.63) is 0 Å². The van der Waals surface area contributed by atoms with E-state index in [9.17, 15) is 0 Å². The van der Waals surface area contributed by atoms with Crippen molar-refractivity contribution in [1.29, 1.82) is 0 Å². The lowest BCUT2D eigenvalue weighted by molar-refractivity contribution is -0.327. The molecule has 0 bridgehead atoms. The van der Waals surface area contributed by atoms with E-state index < -0.39 is 12.0 Å². The van der Waals surface area contributed by atoms with Gasteiger partial charge in [-0.3, -0.25) is 0 Å². The Bertz CT molecular complexity index is 74.8. The van der Waals surface area contributed by atoms with Crippen molar-refractivity contribution in [2.45, 2.75) is 25.4 Å². The van der Waals surface area contributed by atoms with Gasteiger partial charge in [-0.05, 0) is 13.5 Å². The smallest absolute Gasteiger partial charge is 0.291 e. The number of likely N-dealkylation sites (N-methyl/N-ethyl adjacent to an activating group) is 1. The van der Waals surface area contributed by atoms with Crippen LogP contribution in [0.2, 0.25) is 0 Å². The van der Waals surface area contributed by atoms with Crippen LogP contribution in [-0.4, -0.2) is 34.4 Å². The van der Waals surface area contributed by atoms with Gasteiger partial charge in [0, 0.05) is 0 Å². The highest BCUT2D eigenvalue weighted by Gasteiger charge is 2.28. The van der Waals surface area contributed by atoms with Crippen molar-refractivity contribution in [3.8, 4) is 0 Å². The molecule has 4 nitrogen and oxygen atoms in total. The lowest BCUT2D eigenvalue weighted by Crippen LogP contribution is -2.49. The topological polar surface area (TPSA) is 72.7 Å². The van der Waals surface area contributed by atoms with E-state index in [0.29, 0.717) is 6.42 Å². The van der Waals surface area contributed by atoms with Crippen LogP contribution in [0.4, 0.5) is 0 Å². The summed E-state index contributed by atoms with van der Waals surface area (Å²) in [4.78, 5) is 0. The van der Waals surface area contributed by atoms with Crippen LogP contribution < -0.4 is 5.32 Å². The summed E-state index contributed by atoms with van der Waals surface area (Å²) in [6, 6.07) is -0.683. The molecule has 0 aromatic carbocycles. The Kier molecular flexibility index (Phi) is 3.07. The Morgan fingerprint density at radius 2 is 1.89 bits per heavy atom. The molecule has 0 amide bonds. The lowest BCUT2D eigenvalue weighted by atomic mass is 10.2. The zero-order valence-electron chi connectivity index (χ0n) is 5.63. The molecule has 0 aromatic heterocycles. The molecule has 1 unspecified atom stereocenters. The summed E-state index contributed by atoms with van der Waals surface area (Å²) >= 11 is 0. The molecule has 56 valence electrons. The third-order valence-electron chi connectivity index (χ3n) is 1.22. The van der Waals surface area contributed by atoms with Crippen LogP contribution in [0, 0.1) is 0 Å². The van der Waals surface area contributed by atoms with Crippen molar-refractivity contribution in [2.24, 2.45) is 0 Å². The molecule has 9 heavy (non-hydrogen) atoms.